The van der Waals surface area contributed by atoms with Crippen molar-refractivity contribution in [3.8, 4) is 33.4 Å². The van der Waals surface area contributed by atoms with E-state index < -0.39 is 0 Å². The molecule has 356 valence electrons. The molecule has 0 amide bonds. The third-order valence-corrected chi connectivity index (χ3v) is 17.1. The van der Waals surface area contributed by atoms with E-state index in [0.29, 0.717) is 0 Å². The van der Waals surface area contributed by atoms with Gasteiger partial charge in [-0.05, 0) is 189 Å². The van der Waals surface area contributed by atoms with Gasteiger partial charge in [-0.3, -0.25) is 0 Å². The highest BCUT2D eigenvalue weighted by Gasteiger charge is 2.46. The van der Waals surface area contributed by atoms with E-state index in [2.05, 4.69) is 269 Å². The molecule has 12 rings (SSSR count). The van der Waals surface area contributed by atoms with Crippen LogP contribution in [0.15, 0.2) is 182 Å². The molecule has 0 aliphatic heterocycles. The van der Waals surface area contributed by atoms with Crippen molar-refractivity contribution in [3.05, 3.63) is 232 Å². The van der Waals surface area contributed by atoms with Crippen molar-refractivity contribution in [1.29, 1.82) is 0 Å². The minimum Gasteiger partial charge on any atom is -0.313 e. The predicted molar refractivity (Wildman–Crippen MR) is 309 cm³/mol. The van der Waals surface area contributed by atoms with Gasteiger partial charge < -0.3 is 9.80 Å². The molecular weight excluding hydrogens is 869 g/mol. The molecule has 0 N–H and O–H groups in total. The molecule has 2 nitrogen and oxygen atoms in total. The van der Waals surface area contributed by atoms with E-state index >= 15 is 0 Å². The summed E-state index contributed by atoms with van der Waals surface area (Å²) in [7, 11) is 0. The second-order valence-electron chi connectivity index (χ2n) is 22.8. The number of aryl methyl sites for hydroxylation is 3. The largest absolute Gasteiger partial charge is 0.313 e. The summed E-state index contributed by atoms with van der Waals surface area (Å²) < 4.78 is 0. The fourth-order valence-corrected chi connectivity index (χ4v) is 13.2. The van der Waals surface area contributed by atoms with Crippen LogP contribution in [0.1, 0.15) is 112 Å². The Morgan fingerprint density at radius 1 is 0.403 bits per heavy atom. The first-order chi connectivity index (χ1) is 34.5. The summed E-state index contributed by atoms with van der Waals surface area (Å²) in [6.07, 6.45) is 6.64. The van der Waals surface area contributed by atoms with Crippen molar-refractivity contribution in [1.82, 2.24) is 0 Å². The van der Waals surface area contributed by atoms with Gasteiger partial charge in [-0.2, -0.15) is 0 Å². The minimum atomic E-state index is -0.255. The van der Waals surface area contributed by atoms with E-state index in [-0.39, 0.29) is 22.2 Å². The van der Waals surface area contributed by atoms with Crippen LogP contribution in [-0.2, 0) is 16.2 Å². The zero-order valence-electron chi connectivity index (χ0n) is 44.2. The molecule has 0 saturated heterocycles. The maximum absolute atomic E-state index is 2.61. The van der Waals surface area contributed by atoms with E-state index in [9.17, 15) is 0 Å². The van der Waals surface area contributed by atoms with Crippen molar-refractivity contribution in [2.24, 2.45) is 5.92 Å². The van der Waals surface area contributed by atoms with Crippen molar-refractivity contribution >= 4 is 50.0 Å². The third-order valence-electron chi connectivity index (χ3n) is 17.1. The van der Waals surface area contributed by atoms with Crippen LogP contribution in [0.4, 0.5) is 28.4 Å². The maximum Gasteiger partial charge on any atom is 0.0543 e. The summed E-state index contributed by atoms with van der Waals surface area (Å²) in [5, 5.41) is 5.15. The van der Waals surface area contributed by atoms with Crippen LogP contribution in [0.5, 0.6) is 0 Å². The summed E-state index contributed by atoms with van der Waals surface area (Å²) >= 11 is 0. The fourth-order valence-electron chi connectivity index (χ4n) is 13.2. The van der Waals surface area contributed by atoms with Gasteiger partial charge in [-0.15, -0.1) is 0 Å². The van der Waals surface area contributed by atoms with Crippen molar-refractivity contribution in [2.75, 3.05) is 9.80 Å². The summed E-state index contributed by atoms with van der Waals surface area (Å²) in [6.45, 7) is 28.2. The van der Waals surface area contributed by atoms with Gasteiger partial charge in [0, 0.05) is 49.8 Å². The Morgan fingerprint density at radius 3 is 1.21 bits per heavy atom. The lowest BCUT2D eigenvalue weighted by molar-refractivity contribution is 0.649. The molecule has 0 bridgehead atoms. The molecule has 0 atom stereocenters. The van der Waals surface area contributed by atoms with E-state index in [1.807, 2.05) is 0 Å². The number of hydrogen-bond donors (Lipinski definition) is 0. The average molecular weight is 935 g/mol. The van der Waals surface area contributed by atoms with Crippen LogP contribution in [0.3, 0.4) is 0 Å². The molecule has 0 spiro atoms. The Labute approximate surface area is 428 Å². The molecule has 0 saturated carbocycles. The fraction of sp³-hybridized carbons (Fsp3) is 0.229. The zero-order chi connectivity index (χ0) is 50.2. The minimum absolute atomic E-state index is 0.224. The Morgan fingerprint density at radius 2 is 0.764 bits per heavy atom. The second-order valence-corrected chi connectivity index (χ2v) is 22.8. The molecule has 3 aliphatic carbocycles. The summed E-state index contributed by atoms with van der Waals surface area (Å²) in [4.78, 5) is 5.07. The van der Waals surface area contributed by atoms with E-state index in [1.165, 1.54) is 139 Å². The number of hydrogen-bond acceptors (Lipinski definition) is 2. The smallest absolute Gasteiger partial charge is 0.0543 e. The Kier molecular flexibility index (Phi) is 10.3. The highest BCUT2D eigenvalue weighted by molar-refractivity contribution is 6.12. The third kappa shape index (κ3) is 6.47. The number of nitrogens with zero attached hydrogens (tertiary/aromatic N) is 2. The van der Waals surface area contributed by atoms with Gasteiger partial charge in [0.05, 0.1) is 11.4 Å². The lowest BCUT2D eigenvalue weighted by Gasteiger charge is -2.34. The molecule has 3 aliphatic rings. The molecule has 0 heterocycles. The molecule has 9 aromatic carbocycles. The van der Waals surface area contributed by atoms with Crippen LogP contribution >= 0.6 is 0 Å². The number of fused-ring (bicyclic) bond motifs is 13. The first-order valence-electron chi connectivity index (χ1n) is 26.2. The molecule has 0 radical (unpaired) electrons. The van der Waals surface area contributed by atoms with Gasteiger partial charge in [0.2, 0.25) is 0 Å². The van der Waals surface area contributed by atoms with Gasteiger partial charge >= 0.3 is 0 Å². The van der Waals surface area contributed by atoms with Gasteiger partial charge in [-0.1, -0.05) is 171 Å². The lowest BCUT2D eigenvalue weighted by atomic mass is 9.78. The standard InChI is InChI=1S/C70H66N2/c1-13-14-32-60(42(2)3)71(61-33-22-15-25-43(61)4)64-40-58-66(48-30-20-18-28-46(48)64)52-38-54-50(36-56(52)69(58,9)10)51-37-57-53(39-55(51)68(54,7)8)67-49-31-21-19-29-47(49)65(41-59(67)70(57,11)12)72(62-34-23-16-26-44(62)5)63-35-24-17-27-45(63)6/h13-42H,1-12H3/b14-13-,60-32+. The van der Waals surface area contributed by atoms with Crippen LogP contribution in [0, 0.1) is 26.7 Å². The van der Waals surface area contributed by atoms with Crippen LogP contribution in [0.25, 0.3) is 54.9 Å². The average Bonchev–Trinajstić information content (AvgIpc) is 3.83. The van der Waals surface area contributed by atoms with Crippen molar-refractivity contribution < 1.29 is 0 Å². The molecule has 0 aromatic heterocycles. The van der Waals surface area contributed by atoms with Crippen molar-refractivity contribution in [2.45, 2.75) is 99.3 Å². The Hall–Kier alpha value is -7.42. The molecule has 0 unspecified atom stereocenters. The van der Waals surface area contributed by atoms with E-state index in [4.69, 9.17) is 0 Å². The number of rotatable bonds is 8. The number of anilines is 5. The van der Waals surface area contributed by atoms with Crippen LogP contribution < -0.4 is 9.80 Å². The van der Waals surface area contributed by atoms with Gasteiger partial charge in [0.1, 0.15) is 0 Å². The monoisotopic (exact) mass is 935 g/mol. The molecule has 72 heavy (non-hydrogen) atoms. The summed E-state index contributed by atoms with van der Waals surface area (Å²) in [6, 6.07) is 60.3. The molecule has 2 heteroatoms. The summed E-state index contributed by atoms with van der Waals surface area (Å²) in [5.74, 6) is 0.287. The van der Waals surface area contributed by atoms with E-state index in [1.54, 1.807) is 0 Å². The lowest BCUT2D eigenvalue weighted by Crippen LogP contribution is -2.22. The molecule has 0 fully saturated rings. The Balaban J connectivity index is 1.04. The molecular formula is C70H66N2. The zero-order valence-corrected chi connectivity index (χ0v) is 44.2. The molecule has 9 aromatic rings. The summed E-state index contributed by atoms with van der Waals surface area (Å²) in [5.41, 5.74) is 27.0. The topological polar surface area (TPSA) is 6.48 Å². The second kappa shape index (κ2) is 16.3. The van der Waals surface area contributed by atoms with E-state index in [0.717, 1.165) is 0 Å². The maximum atomic E-state index is 2.61. The Bertz CT molecular complexity index is 3770. The highest BCUT2D eigenvalue weighted by Crippen LogP contribution is 2.62. The first-order valence-corrected chi connectivity index (χ1v) is 26.2. The number of para-hydroxylation sites is 3. The van der Waals surface area contributed by atoms with Gasteiger partial charge in [-0.25, -0.2) is 0 Å². The van der Waals surface area contributed by atoms with Crippen molar-refractivity contribution in [3.63, 3.8) is 0 Å². The number of benzene rings is 9. The van der Waals surface area contributed by atoms with Crippen LogP contribution in [-0.4, -0.2) is 0 Å². The van der Waals surface area contributed by atoms with Gasteiger partial charge in [0.25, 0.3) is 0 Å². The highest BCUT2D eigenvalue weighted by atomic mass is 15.2. The van der Waals surface area contributed by atoms with Crippen LogP contribution in [0.2, 0.25) is 0 Å². The first kappa shape index (κ1) is 45.7. The normalized spacial score (nSPS) is 15.4. The predicted octanol–water partition coefficient (Wildman–Crippen LogP) is 19.6. The quantitative estimate of drug-likeness (QED) is 0.140. The van der Waals surface area contributed by atoms with Gasteiger partial charge in [0.15, 0.2) is 0 Å². The SMILES string of the molecule is C/C=C\C=C(/C(C)C)N(c1ccccc1C)c1cc2c(c3ccccc13)-c1cc3c(cc1C2(C)C)-c1cc2c(cc1C3(C)C)-c1c(cc(N(c3ccccc3C)c3ccccc3C)c3ccccc13)C2(C)C. The number of allylic oxidation sites excluding steroid dienone is 4.